The minimum atomic E-state index is -0.511. The quantitative estimate of drug-likeness (QED) is 0.328. The van der Waals surface area contributed by atoms with Crippen LogP contribution in [0.3, 0.4) is 0 Å². The van der Waals surface area contributed by atoms with Crippen LogP contribution in [-0.2, 0) is 11.3 Å². The molecule has 3 heterocycles. The second kappa shape index (κ2) is 12.4. The number of aromatic nitrogens is 2. The number of carbonyl (C=O) groups excluding carboxylic acids is 2. The first kappa shape index (κ1) is 26.9. The van der Waals surface area contributed by atoms with Crippen LogP contribution in [0.15, 0.2) is 83.5 Å². The fourth-order valence-corrected chi connectivity index (χ4v) is 4.66. The SMILES string of the molecule is COc1ccc(-c2ccc(N3CCCN(C(=O)CN(Cc4ccco4)C(=O)c4cccc(F)c4)CC3)nn2)cc1. The summed E-state index contributed by atoms with van der Waals surface area (Å²) in [6, 6.07) is 20.4. The molecule has 5 rings (SSSR count). The Morgan fingerprint density at radius 1 is 0.975 bits per heavy atom. The number of halogens is 1. The van der Waals surface area contributed by atoms with Gasteiger partial charge in [-0.2, -0.15) is 0 Å². The molecule has 2 amide bonds. The van der Waals surface area contributed by atoms with Crippen LogP contribution in [0, 0.1) is 5.82 Å². The molecule has 10 heteroatoms. The molecule has 0 atom stereocenters. The molecule has 0 radical (unpaired) electrons. The fraction of sp³-hybridized carbons (Fsp3) is 0.267. The van der Waals surface area contributed by atoms with Gasteiger partial charge in [0, 0.05) is 37.3 Å². The van der Waals surface area contributed by atoms with Crippen molar-refractivity contribution in [3.8, 4) is 17.0 Å². The Bertz CT molecular complexity index is 1430. The van der Waals surface area contributed by atoms with Crippen LogP contribution in [0.4, 0.5) is 10.2 Å². The van der Waals surface area contributed by atoms with Crippen LogP contribution < -0.4 is 9.64 Å². The first-order valence-corrected chi connectivity index (χ1v) is 13.1. The van der Waals surface area contributed by atoms with Crippen LogP contribution in [0.25, 0.3) is 11.3 Å². The molecule has 0 aliphatic carbocycles. The molecule has 2 aromatic heterocycles. The molecule has 2 aromatic carbocycles. The van der Waals surface area contributed by atoms with Crippen molar-refractivity contribution in [1.29, 1.82) is 0 Å². The highest BCUT2D eigenvalue weighted by Gasteiger charge is 2.25. The van der Waals surface area contributed by atoms with Crippen molar-refractivity contribution in [3.05, 3.63) is 96.2 Å². The minimum Gasteiger partial charge on any atom is -0.497 e. The topological polar surface area (TPSA) is 92.0 Å². The van der Waals surface area contributed by atoms with E-state index in [4.69, 9.17) is 9.15 Å². The summed E-state index contributed by atoms with van der Waals surface area (Å²) >= 11 is 0. The van der Waals surface area contributed by atoms with Crippen molar-refractivity contribution in [1.82, 2.24) is 20.0 Å². The van der Waals surface area contributed by atoms with Crippen LogP contribution in [0.1, 0.15) is 22.5 Å². The standard InChI is InChI=1S/C30H30FN5O4/c1-39-25-10-8-22(9-11-25)27-12-13-28(33-32-27)34-14-4-15-35(17-16-34)29(37)21-36(20-26-7-3-18-40-26)30(38)23-5-2-6-24(31)19-23/h2-3,5-13,18-19H,4,14-17,20-21H2,1H3. The maximum atomic E-state index is 13.8. The van der Waals surface area contributed by atoms with E-state index in [1.54, 1.807) is 24.1 Å². The van der Waals surface area contributed by atoms with Crippen LogP contribution in [0.2, 0.25) is 0 Å². The molecule has 1 aliphatic rings. The van der Waals surface area contributed by atoms with E-state index < -0.39 is 11.7 Å². The second-order valence-electron chi connectivity index (χ2n) is 9.48. The van der Waals surface area contributed by atoms with E-state index in [1.165, 1.54) is 35.4 Å². The van der Waals surface area contributed by atoms with Crippen molar-refractivity contribution in [2.45, 2.75) is 13.0 Å². The summed E-state index contributed by atoms with van der Waals surface area (Å²) in [4.78, 5) is 31.8. The number of rotatable bonds is 8. The molecule has 1 saturated heterocycles. The van der Waals surface area contributed by atoms with Gasteiger partial charge in [-0.15, -0.1) is 10.2 Å². The number of furan rings is 1. The highest BCUT2D eigenvalue weighted by atomic mass is 19.1. The monoisotopic (exact) mass is 543 g/mol. The normalized spacial score (nSPS) is 13.6. The van der Waals surface area contributed by atoms with Gasteiger partial charge in [-0.05, 0) is 73.2 Å². The molecule has 9 nitrogen and oxygen atoms in total. The number of hydrogen-bond acceptors (Lipinski definition) is 7. The maximum absolute atomic E-state index is 13.8. The summed E-state index contributed by atoms with van der Waals surface area (Å²) in [5.74, 6) is 0.929. The van der Waals surface area contributed by atoms with E-state index in [2.05, 4.69) is 15.1 Å². The molecule has 1 aliphatic heterocycles. The Morgan fingerprint density at radius 3 is 2.52 bits per heavy atom. The smallest absolute Gasteiger partial charge is 0.254 e. The second-order valence-corrected chi connectivity index (χ2v) is 9.48. The lowest BCUT2D eigenvalue weighted by Crippen LogP contribution is -2.44. The van der Waals surface area contributed by atoms with Crippen molar-refractivity contribution in [2.24, 2.45) is 0 Å². The zero-order chi connectivity index (χ0) is 27.9. The molecule has 0 unspecified atom stereocenters. The number of carbonyl (C=O) groups is 2. The molecule has 0 N–H and O–H groups in total. The fourth-order valence-electron chi connectivity index (χ4n) is 4.66. The molecular formula is C30H30FN5O4. The summed E-state index contributed by atoms with van der Waals surface area (Å²) in [7, 11) is 1.63. The predicted molar refractivity (Wildman–Crippen MR) is 147 cm³/mol. The first-order valence-electron chi connectivity index (χ1n) is 13.1. The van der Waals surface area contributed by atoms with Crippen molar-refractivity contribution in [2.75, 3.05) is 44.7 Å². The van der Waals surface area contributed by atoms with Gasteiger partial charge in [-0.3, -0.25) is 9.59 Å². The van der Waals surface area contributed by atoms with Gasteiger partial charge < -0.3 is 23.9 Å². The van der Waals surface area contributed by atoms with Gasteiger partial charge in [0.05, 0.1) is 25.6 Å². The van der Waals surface area contributed by atoms with Gasteiger partial charge >= 0.3 is 0 Å². The molecular weight excluding hydrogens is 513 g/mol. The molecule has 0 bridgehead atoms. The molecule has 4 aromatic rings. The third-order valence-electron chi connectivity index (χ3n) is 6.82. The van der Waals surface area contributed by atoms with E-state index in [-0.39, 0.29) is 24.6 Å². The van der Waals surface area contributed by atoms with Crippen LogP contribution in [0.5, 0.6) is 5.75 Å². The summed E-state index contributed by atoms with van der Waals surface area (Å²) < 4.78 is 24.4. The highest BCUT2D eigenvalue weighted by molar-refractivity contribution is 5.96. The van der Waals surface area contributed by atoms with Gasteiger partial charge in [-0.1, -0.05) is 6.07 Å². The Kier molecular flexibility index (Phi) is 8.34. The van der Waals surface area contributed by atoms with Gasteiger partial charge in [0.15, 0.2) is 5.82 Å². The van der Waals surface area contributed by atoms with E-state index in [9.17, 15) is 14.0 Å². The number of methoxy groups -OCH3 is 1. The summed E-state index contributed by atoms with van der Waals surface area (Å²) in [5.41, 5.74) is 1.88. The van der Waals surface area contributed by atoms with Crippen molar-refractivity contribution >= 4 is 17.6 Å². The summed E-state index contributed by atoms with van der Waals surface area (Å²) in [6.07, 6.45) is 2.25. The first-order chi connectivity index (χ1) is 19.5. The molecule has 40 heavy (non-hydrogen) atoms. The average molecular weight is 544 g/mol. The van der Waals surface area contributed by atoms with E-state index in [0.717, 1.165) is 35.8 Å². The van der Waals surface area contributed by atoms with Gasteiger partial charge in [0.25, 0.3) is 5.91 Å². The Morgan fingerprint density at radius 2 is 1.82 bits per heavy atom. The molecule has 1 fully saturated rings. The number of anilines is 1. The van der Waals surface area contributed by atoms with Crippen LogP contribution >= 0.6 is 0 Å². The third-order valence-corrected chi connectivity index (χ3v) is 6.82. The van der Waals surface area contributed by atoms with Crippen molar-refractivity contribution in [3.63, 3.8) is 0 Å². The molecule has 0 spiro atoms. The molecule has 0 saturated carbocycles. The predicted octanol–water partition coefficient (Wildman–Crippen LogP) is 4.27. The van der Waals surface area contributed by atoms with E-state index in [0.29, 0.717) is 25.4 Å². The number of benzene rings is 2. The maximum Gasteiger partial charge on any atom is 0.254 e. The number of hydrogen-bond donors (Lipinski definition) is 0. The van der Waals surface area contributed by atoms with Gasteiger partial charge in [-0.25, -0.2) is 4.39 Å². The zero-order valence-electron chi connectivity index (χ0n) is 22.2. The van der Waals surface area contributed by atoms with Crippen molar-refractivity contribution < 1.29 is 23.1 Å². The third kappa shape index (κ3) is 6.45. The minimum absolute atomic E-state index is 0.101. The number of nitrogens with zero attached hydrogens (tertiary/aromatic N) is 5. The highest BCUT2D eigenvalue weighted by Crippen LogP contribution is 2.22. The number of ether oxygens (including phenoxy) is 1. The molecule has 206 valence electrons. The average Bonchev–Trinajstić information content (AvgIpc) is 3.37. The lowest BCUT2D eigenvalue weighted by molar-refractivity contribution is -0.131. The van der Waals surface area contributed by atoms with Gasteiger partial charge in [0.1, 0.15) is 23.9 Å². The van der Waals surface area contributed by atoms with E-state index >= 15 is 0 Å². The lowest BCUT2D eigenvalue weighted by Gasteiger charge is -2.27. The van der Waals surface area contributed by atoms with Crippen LogP contribution in [-0.4, -0.2) is 71.6 Å². The zero-order valence-corrected chi connectivity index (χ0v) is 22.2. The van der Waals surface area contributed by atoms with E-state index in [1.807, 2.05) is 36.4 Å². The summed E-state index contributed by atoms with van der Waals surface area (Å²) in [6.45, 7) is 2.28. The largest absolute Gasteiger partial charge is 0.497 e. The Hall–Kier alpha value is -4.73. The lowest BCUT2D eigenvalue weighted by atomic mass is 10.1. The number of amides is 2. The Labute approximate surface area is 231 Å². The summed E-state index contributed by atoms with van der Waals surface area (Å²) in [5, 5.41) is 8.83. The van der Waals surface area contributed by atoms with Gasteiger partial charge in [0.2, 0.25) is 5.91 Å². The Balaban J connectivity index is 1.23.